The highest BCUT2D eigenvalue weighted by molar-refractivity contribution is 7.89. The van der Waals surface area contributed by atoms with Crippen molar-refractivity contribution in [3.63, 3.8) is 0 Å². The molecule has 0 N–H and O–H groups in total. The van der Waals surface area contributed by atoms with Crippen LogP contribution in [0, 0.1) is 5.82 Å². The molecule has 1 heterocycles. The SMILES string of the molecule is COC(=O)C1(C(F)F)CCCN1S(=O)(=O)c1ccc(F)cc1. The summed E-state index contributed by atoms with van der Waals surface area (Å²) in [6.07, 6.45) is -3.48. The topological polar surface area (TPSA) is 63.7 Å². The third-order valence-corrected chi connectivity index (χ3v) is 5.62. The highest BCUT2D eigenvalue weighted by Gasteiger charge is 2.60. The number of sulfonamides is 1. The monoisotopic (exact) mass is 337 g/mol. The molecule has 0 radical (unpaired) electrons. The first-order valence-electron chi connectivity index (χ1n) is 6.42. The predicted molar refractivity (Wildman–Crippen MR) is 70.3 cm³/mol. The smallest absolute Gasteiger partial charge is 0.333 e. The van der Waals surface area contributed by atoms with Crippen molar-refractivity contribution in [3.05, 3.63) is 30.1 Å². The molecule has 0 aromatic heterocycles. The molecule has 1 aliphatic rings. The van der Waals surface area contributed by atoms with Crippen molar-refractivity contribution < 1.29 is 31.1 Å². The zero-order valence-corrected chi connectivity index (χ0v) is 12.4. The maximum atomic E-state index is 13.5. The minimum Gasteiger partial charge on any atom is -0.467 e. The largest absolute Gasteiger partial charge is 0.467 e. The van der Waals surface area contributed by atoms with Gasteiger partial charge in [0.15, 0.2) is 5.54 Å². The molecular weight excluding hydrogens is 323 g/mol. The molecule has 0 amide bonds. The molecule has 0 spiro atoms. The molecule has 1 atom stereocenters. The van der Waals surface area contributed by atoms with Gasteiger partial charge in [0.25, 0.3) is 6.43 Å². The van der Waals surface area contributed by atoms with E-state index >= 15 is 0 Å². The highest BCUT2D eigenvalue weighted by Crippen LogP contribution is 2.40. The lowest BCUT2D eigenvalue weighted by molar-refractivity contribution is -0.159. The minimum atomic E-state index is -4.38. The number of methoxy groups -OCH3 is 1. The molecule has 122 valence electrons. The van der Waals surface area contributed by atoms with Crippen LogP contribution in [-0.2, 0) is 19.6 Å². The Balaban J connectivity index is 2.53. The third kappa shape index (κ3) is 2.48. The molecule has 22 heavy (non-hydrogen) atoms. The Morgan fingerprint density at radius 3 is 2.41 bits per heavy atom. The lowest BCUT2D eigenvalue weighted by Gasteiger charge is -2.34. The fourth-order valence-corrected chi connectivity index (χ4v) is 4.35. The van der Waals surface area contributed by atoms with E-state index in [-0.39, 0.29) is 24.3 Å². The molecule has 1 unspecified atom stereocenters. The molecule has 5 nitrogen and oxygen atoms in total. The second-order valence-corrected chi connectivity index (χ2v) is 6.71. The first kappa shape index (κ1) is 16.8. The van der Waals surface area contributed by atoms with E-state index in [0.717, 1.165) is 31.4 Å². The quantitative estimate of drug-likeness (QED) is 0.786. The van der Waals surface area contributed by atoms with Crippen LogP contribution in [0.5, 0.6) is 0 Å². The predicted octanol–water partition coefficient (Wildman–Crippen LogP) is 1.79. The Morgan fingerprint density at radius 1 is 1.32 bits per heavy atom. The number of hydrogen-bond acceptors (Lipinski definition) is 4. The number of hydrogen-bond donors (Lipinski definition) is 0. The zero-order valence-electron chi connectivity index (χ0n) is 11.6. The van der Waals surface area contributed by atoms with Gasteiger partial charge in [-0.2, -0.15) is 4.31 Å². The number of carbonyl (C=O) groups is 1. The van der Waals surface area contributed by atoms with Gasteiger partial charge in [-0.05, 0) is 37.1 Å². The maximum absolute atomic E-state index is 13.5. The second-order valence-electron chi connectivity index (χ2n) is 4.85. The first-order chi connectivity index (χ1) is 10.3. The lowest BCUT2D eigenvalue weighted by Crippen LogP contribution is -2.58. The molecule has 1 aliphatic heterocycles. The van der Waals surface area contributed by atoms with Crippen molar-refractivity contribution in [2.75, 3.05) is 13.7 Å². The fraction of sp³-hybridized carbons (Fsp3) is 0.462. The number of halogens is 3. The van der Waals surface area contributed by atoms with Crippen LogP contribution in [0.25, 0.3) is 0 Å². The maximum Gasteiger partial charge on any atom is 0.333 e. The van der Waals surface area contributed by atoms with E-state index in [0.29, 0.717) is 4.31 Å². The van der Waals surface area contributed by atoms with E-state index in [1.54, 1.807) is 0 Å². The number of ether oxygens (including phenoxy) is 1. The van der Waals surface area contributed by atoms with Gasteiger partial charge < -0.3 is 4.74 Å². The Bertz CT molecular complexity index is 662. The van der Waals surface area contributed by atoms with Gasteiger partial charge in [0.2, 0.25) is 10.0 Å². The summed E-state index contributed by atoms with van der Waals surface area (Å²) in [6.45, 7) is -0.237. The van der Waals surface area contributed by atoms with E-state index in [1.807, 2.05) is 0 Å². The number of nitrogens with zero attached hydrogens (tertiary/aromatic N) is 1. The van der Waals surface area contributed by atoms with Crippen LogP contribution in [0.2, 0.25) is 0 Å². The van der Waals surface area contributed by atoms with Crippen LogP contribution in [-0.4, -0.2) is 44.3 Å². The van der Waals surface area contributed by atoms with Gasteiger partial charge in [-0.3, -0.25) is 0 Å². The van der Waals surface area contributed by atoms with Crippen molar-refractivity contribution in [3.8, 4) is 0 Å². The van der Waals surface area contributed by atoms with Crippen molar-refractivity contribution in [2.45, 2.75) is 29.7 Å². The molecule has 9 heteroatoms. The van der Waals surface area contributed by atoms with Gasteiger partial charge >= 0.3 is 5.97 Å². The van der Waals surface area contributed by atoms with Gasteiger partial charge in [-0.15, -0.1) is 0 Å². The van der Waals surface area contributed by atoms with E-state index in [9.17, 15) is 26.4 Å². The van der Waals surface area contributed by atoms with Gasteiger partial charge in [-0.25, -0.2) is 26.4 Å². The molecule has 1 aromatic carbocycles. The van der Waals surface area contributed by atoms with E-state index in [2.05, 4.69) is 4.74 Å². The molecule has 0 aliphatic carbocycles. The van der Waals surface area contributed by atoms with E-state index in [1.165, 1.54) is 0 Å². The van der Waals surface area contributed by atoms with Crippen molar-refractivity contribution in [1.29, 1.82) is 0 Å². The Kier molecular flexibility index (Phi) is 4.48. The van der Waals surface area contributed by atoms with Crippen molar-refractivity contribution in [2.24, 2.45) is 0 Å². The number of esters is 1. The molecular formula is C13H14F3NO4S. The second kappa shape index (κ2) is 5.88. The fourth-order valence-electron chi connectivity index (χ4n) is 2.57. The molecule has 1 saturated heterocycles. The van der Waals surface area contributed by atoms with Crippen LogP contribution in [0.15, 0.2) is 29.2 Å². The molecule has 1 fully saturated rings. The number of carbonyl (C=O) groups excluding carboxylic acids is 1. The summed E-state index contributed by atoms with van der Waals surface area (Å²) in [7, 11) is -3.45. The van der Waals surface area contributed by atoms with Gasteiger partial charge in [0.05, 0.1) is 12.0 Å². The molecule has 0 bridgehead atoms. The summed E-state index contributed by atoms with van der Waals surface area (Å²) < 4.78 is 69.9. The summed E-state index contributed by atoms with van der Waals surface area (Å²) in [5.41, 5.74) is -2.54. The Morgan fingerprint density at radius 2 is 1.91 bits per heavy atom. The third-order valence-electron chi connectivity index (χ3n) is 3.67. The van der Waals surface area contributed by atoms with E-state index < -0.39 is 33.8 Å². The normalized spacial score (nSPS) is 23.0. The van der Waals surface area contributed by atoms with Gasteiger partial charge in [-0.1, -0.05) is 0 Å². The van der Waals surface area contributed by atoms with Crippen LogP contribution >= 0.6 is 0 Å². The van der Waals surface area contributed by atoms with Crippen molar-refractivity contribution >= 4 is 16.0 Å². The minimum absolute atomic E-state index is 0.0971. The number of alkyl halides is 2. The summed E-state index contributed by atoms with van der Waals surface area (Å²) in [6, 6.07) is 3.75. The standard InChI is InChI=1S/C13H14F3NO4S/c1-21-12(18)13(11(15)16)7-2-8-17(13)22(19,20)10-5-3-9(14)4-6-10/h3-6,11H,2,7-8H2,1H3. The van der Waals surface area contributed by atoms with Crippen LogP contribution < -0.4 is 0 Å². The highest BCUT2D eigenvalue weighted by atomic mass is 32.2. The lowest BCUT2D eigenvalue weighted by atomic mass is 9.98. The number of rotatable bonds is 4. The summed E-state index contributed by atoms with van der Waals surface area (Å²) in [4.78, 5) is 11.5. The Hall–Kier alpha value is -1.61. The molecule has 0 saturated carbocycles. The average Bonchev–Trinajstić information content (AvgIpc) is 2.93. The summed E-state index contributed by atoms with van der Waals surface area (Å²) in [5, 5.41) is 0. The zero-order chi connectivity index (χ0) is 16.5. The van der Waals surface area contributed by atoms with Crippen LogP contribution in [0.3, 0.4) is 0 Å². The van der Waals surface area contributed by atoms with Gasteiger partial charge in [0.1, 0.15) is 5.82 Å². The molecule has 1 aromatic rings. The van der Waals surface area contributed by atoms with Crippen LogP contribution in [0.4, 0.5) is 13.2 Å². The van der Waals surface area contributed by atoms with Crippen molar-refractivity contribution in [1.82, 2.24) is 4.31 Å². The number of benzene rings is 1. The molecule has 2 rings (SSSR count). The van der Waals surface area contributed by atoms with E-state index in [4.69, 9.17) is 0 Å². The average molecular weight is 337 g/mol. The Labute approximate surface area is 125 Å². The summed E-state index contributed by atoms with van der Waals surface area (Å²) in [5.74, 6) is -1.96. The van der Waals surface area contributed by atoms with Crippen LogP contribution in [0.1, 0.15) is 12.8 Å². The summed E-state index contributed by atoms with van der Waals surface area (Å²) >= 11 is 0. The first-order valence-corrected chi connectivity index (χ1v) is 7.86. The van der Waals surface area contributed by atoms with Gasteiger partial charge in [0, 0.05) is 6.54 Å².